The molecular formula is C41H24N2O. The summed E-state index contributed by atoms with van der Waals surface area (Å²) in [6, 6.07) is 51.7. The Balaban J connectivity index is 1.09. The molecule has 0 saturated heterocycles. The largest absolute Gasteiger partial charge is 0.456 e. The lowest BCUT2D eigenvalue weighted by atomic mass is 9.97. The lowest BCUT2D eigenvalue weighted by Crippen LogP contribution is -1.97. The minimum absolute atomic E-state index is 0.935. The van der Waals surface area contributed by atoms with Gasteiger partial charge in [-0.2, -0.15) is 0 Å². The van der Waals surface area contributed by atoms with Crippen LogP contribution in [0.3, 0.4) is 0 Å². The quantitative estimate of drug-likeness (QED) is 0.215. The van der Waals surface area contributed by atoms with Gasteiger partial charge in [0.15, 0.2) is 0 Å². The zero-order valence-corrected chi connectivity index (χ0v) is 23.7. The molecular weight excluding hydrogens is 536 g/mol. The van der Waals surface area contributed by atoms with E-state index >= 15 is 0 Å². The maximum Gasteiger partial charge on any atom is 0.145 e. The average molecular weight is 561 g/mol. The van der Waals surface area contributed by atoms with Crippen molar-refractivity contribution in [2.45, 2.75) is 0 Å². The Labute approximate surface area is 253 Å². The molecule has 0 spiro atoms. The molecule has 44 heavy (non-hydrogen) atoms. The summed E-state index contributed by atoms with van der Waals surface area (Å²) in [6.45, 7) is 0. The average Bonchev–Trinajstić information content (AvgIpc) is 3.76. The molecule has 7 aromatic carbocycles. The number of nitrogens with zero attached hydrogens (tertiary/aromatic N) is 2. The van der Waals surface area contributed by atoms with Crippen molar-refractivity contribution in [1.82, 2.24) is 9.55 Å². The Hall–Kier alpha value is -5.93. The molecule has 0 N–H and O–H groups in total. The molecule has 0 amide bonds. The first kappa shape index (κ1) is 23.6. The Morgan fingerprint density at radius 1 is 0.455 bits per heavy atom. The van der Waals surface area contributed by atoms with Gasteiger partial charge < -0.3 is 4.42 Å². The summed E-state index contributed by atoms with van der Waals surface area (Å²) in [5, 5.41) is 4.94. The number of hydrogen-bond donors (Lipinski definition) is 0. The Morgan fingerprint density at radius 2 is 1.20 bits per heavy atom. The van der Waals surface area contributed by atoms with Crippen molar-refractivity contribution in [2.75, 3.05) is 0 Å². The lowest BCUT2D eigenvalue weighted by Gasteiger charge is -2.11. The highest BCUT2D eigenvalue weighted by Gasteiger charge is 2.25. The van der Waals surface area contributed by atoms with E-state index in [1.54, 1.807) is 0 Å². The normalized spacial score (nSPS) is 12.1. The summed E-state index contributed by atoms with van der Waals surface area (Å²) < 4.78 is 8.58. The lowest BCUT2D eigenvalue weighted by molar-refractivity contribution is 0.669. The molecule has 0 unspecified atom stereocenters. The van der Waals surface area contributed by atoms with Gasteiger partial charge >= 0.3 is 0 Å². The molecule has 0 fully saturated rings. The predicted molar refractivity (Wildman–Crippen MR) is 181 cm³/mol. The van der Waals surface area contributed by atoms with Crippen molar-refractivity contribution < 1.29 is 4.42 Å². The van der Waals surface area contributed by atoms with Crippen LogP contribution in [-0.2, 0) is 0 Å². The summed E-state index contributed by atoms with van der Waals surface area (Å²) in [5.74, 6) is 0.942. The predicted octanol–water partition coefficient (Wildman–Crippen LogP) is 11.1. The molecule has 2 aromatic heterocycles. The van der Waals surface area contributed by atoms with Gasteiger partial charge in [-0.15, -0.1) is 0 Å². The number of imidazole rings is 1. The summed E-state index contributed by atoms with van der Waals surface area (Å²) in [6.07, 6.45) is 0. The highest BCUT2D eigenvalue weighted by Crippen LogP contribution is 2.51. The number of hydrogen-bond acceptors (Lipinski definition) is 2. The molecule has 0 radical (unpaired) electrons. The smallest absolute Gasteiger partial charge is 0.145 e. The molecule has 1 aliphatic rings. The van der Waals surface area contributed by atoms with E-state index in [1.807, 2.05) is 18.2 Å². The molecule has 3 heteroatoms. The summed E-state index contributed by atoms with van der Waals surface area (Å²) in [7, 11) is 0. The second kappa shape index (κ2) is 8.79. The Bertz CT molecular complexity index is 2590. The highest BCUT2D eigenvalue weighted by molar-refractivity contribution is 6.28. The van der Waals surface area contributed by atoms with Crippen LogP contribution >= 0.6 is 0 Å². The fourth-order valence-electron chi connectivity index (χ4n) is 7.19. The maximum atomic E-state index is 6.33. The Kier molecular flexibility index (Phi) is 4.72. The van der Waals surface area contributed by atoms with E-state index in [-0.39, 0.29) is 0 Å². The zero-order chi connectivity index (χ0) is 28.8. The van der Waals surface area contributed by atoms with E-state index in [0.29, 0.717) is 0 Å². The summed E-state index contributed by atoms with van der Waals surface area (Å²) in [5.41, 5.74) is 13.6. The van der Waals surface area contributed by atoms with Gasteiger partial charge in [-0.1, -0.05) is 103 Å². The minimum atomic E-state index is 0.935. The van der Waals surface area contributed by atoms with E-state index in [1.165, 1.54) is 54.9 Å². The molecule has 0 aliphatic heterocycles. The molecule has 204 valence electrons. The van der Waals surface area contributed by atoms with E-state index in [9.17, 15) is 0 Å². The molecule has 0 bridgehead atoms. The van der Waals surface area contributed by atoms with Crippen molar-refractivity contribution in [1.29, 1.82) is 0 Å². The van der Waals surface area contributed by atoms with Crippen LogP contribution in [0.2, 0.25) is 0 Å². The molecule has 1 aliphatic carbocycles. The van der Waals surface area contributed by atoms with Gasteiger partial charge in [0.2, 0.25) is 0 Å². The summed E-state index contributed by atoms with van der Waals surface area (Å²) in [4.78, 5) is 5.05. The van der Waals surface area contributed by atoms with Crippen molar-refractivity contribution in [3.63, 3.8) is 0 Å². The van der Waals surface area contributed by atoms with Crippen LogP contribution < -0.4 is 0 Å². The van der Waals surface area contributed by atoms with Gasteiger partial charge in [0.25, 0.3) is 0 Å². The van der Waals surface area contributed by atoms with E-state index in [0.717, 1.165) is 39.3 Å². The highest BCUT2D eigenvalue weighted by atomic mass is 16.3. The topological polar surface area (TPSA) is 31.0 Å². The number of benzene rings is 7. The van der Waals surface area contributed by atoms with Crippen LogP contribution in [0.1, 0.15) is 0 Å². The van der Waals surface area contributed by atoms with Gasteiger partial charge in [0, 0.05) is 22.0 Å². The van der Waals surface area contributed by atoms with Gasteiger partial charge in [-0.25, -0.2) is 4.98 Å². The first-order chi connectivity index (χ1) is 21.8. The molecule has 10 rings (SSSR count). The number of aromatic nitrogens is 2. The van der Waals surface area contributed by atoms with Crippen LogP contribution in [0.15, 0.2) is 150 Å². The number of rotatable bonds is 3. The van der Waals surface area contributed by atoms with Crippen LogP contribution in [0.25, 0.3) is 94.2 Å². The van der Waals surface area contributed by atoms with E-state index in [4.69, 9.17) is 9.40 Å². The SMILES string of the molecule is c1ccc(-n2c(-c3ccc(-c4ccc5c(c4)-c4cccc6c4c-5cc4oc5ccccc5c46)cc3)nc3ccccc32)cc1. The zero-order valence-electron chi connectivity index (χ0n) is 23.7. The van der Waals surface area contributed by atoms with E-state index < -0.39 is 0 Å². The number of fused-ring (bicyclic) bond motifs is 8. The minimum Gasteiger partial charge on any atom is -0.456 e. The van der Waals surface area contributed by atoms with Crippen molar-refractivity contribution >= 4 is 43.7 Å². The summed E-state index contributed by atoms with van der Waals surface area (Å²) >= 11 is 0. The fourth-order valence-corrected chi connectivity index (χ4v) is 7.19. The molecule has 0 atom stereocenters. The third kappa shape index (κ3) is 3.24. The van der Waals surface area contributed by atoms with Crippen LogP contribution in [0.5, 0.6) is 0 Å². The monoisotopic (exact) mass is 560 g/mol. The van der Waals surface area contributed by atoms with Gasteiger partial charge in [0.1, 0.15) is 17.0 Å². The Morgan fingerprint density at radius 3 is 2.11 bits per heavy atom. The van der Waals surface area contributed by atoms with Crippen molar-refractivity contribution in [2.24, 2.45) is 0 Å². The third-order valence-corrected chi connectivity index (χ3v) is 9.15. The van der Waals surface area contributed by atoms with E-state index in [2.05, 4.69) is 132 Å². The first-order valence-corrected chi connectivity index (χ1v) is 15.0. The standard InChI is InChI=1S/C41H24N2O/c1-2-9-28(10-3-1)43-36-15-6-5-14-35(36)42-41(43)26-19-17-25(18-20-26)27-21-22-29-33(23-27)30-12-8-13-32-39(30)34(29)24-38-40(32)31-11-4-7-16-37(31)44-38/h1-24H. The number of furan rings is 1. The van der Waals surface area contributed by atoms with Crippen molar-refractivity contribution in [3.05, 3.63) is 146 Å². The van der Waals surface area contributed by atoms with Crippen LogP contribution in [0, 0.1) is 0 Å². The molecule has 2 heterocycles. The van der Waals surface area contributed by atoms with Gasteiger partial charge in [-0.05, 0) is 86.6 Å². The second-order valence-corrected chi connectivity index (χ2v) is 11.6. The molecule has 3 nitrogen and oxygen atoms in total. The molecule has 0 saturated carbocycles. The second-order valence-electron chi connectivity index (χ2n) is 11.6. The van der Waals surface area contributed by atoms with Crippen LogP contribution in [-0.4, -0.2) is 9.55 Å². The number of para-hydroxylation sites is 4. The first-order valence-electron chi connectivity index (χ1n) is 15.0. The van der Waals surface area contributed by atoms with Crippen molar-refractivity contribution in [3.8, 4) is 50.5 Å². The molecule has 9 aromatic rings. The fraction of sp³-hybridized carbons (Fsp3) is 0. The van der Waals surface area contributed by atoms with Crippen LogP contribution in [0.4, 0.5) is 0 Å². The third-order valence-electron chi connectivity index (χ3n) is 9.15. The van der Waals surface area contributed by atoms with Gasteiger partial charge in [-0.3, -0.25) is 4.57 Å². The van der Waals surface area contributed by atoms with Gasteiger partial charge in [0.05, 0.1) is 11.0 Å². The maximum absolute atomic E-state index is 6.33.